The minimum Gasteiger partial charge on any atom is -0.357 e. The van der Waals surface area contributed by atoms with E-state index in [1.54, 1.807) is 19.2 Å². The first-order chi connectivity index (χ1) is 8.78. The predicted octanol–water partition coefficient (Wildman–Crippen LogP) is 1.86. The SMILES string of the molecule is Cc1nc(NCC#N)cc(Nc2ccccn2)n1. The molecule has 2 aromatic rings. The first-order valence-corrected chi connectivity index (χ1v) is 5.42. The number of rotatable bonds is 4. The Kier molecular flexibility index (Phi) is 3.66. The second-order valence-corrected chi connectivity index (χ2v) is 3.54. The van der Waals surface area contributed by atoms with Gasteiger partial charge in [-0.25, -0.2) is 15.0 Å². The highest BCUT2D eigenvalue weighted by atomic mass is 15.1. The maximum atomic E-state index is 8.52. The predicted molar refractivity (Wildman–Crippen MR) is 68.4 cm³/mol. The van der Waals surface area contributed by atoms with Gasteiger partial charge in [0.05, 0.1) is 6.07 Å². The standard InChI is InChI=1S/C12H12N6/c1-9-16-11(15-7-5-13)8-12(17-9)18-10-4-2-3-6-14-10/h2-4,6,8H,7H2,1H3,(H2,14,15,16,17,18). The topological polar surface area (TPSA) is 86.5 Å². The van der Waals surface area contributed by atoms with E-state index in [1.807, 2.05) is 24.3 Å². The van der Waals surface area contributed by atoms with Crippen molar-refractivity contribution in [3.8, 4) is 6.07 Å². The number of pyridine rings is 1. The van der Waals surface area contributed by atoms with E-state index in [-0.39, 0.29) is 6.54 Å². The zero-order valence-corrected chi connectivity index (χ0v) is 9.88. The van der Waals surface area contributed by atoms with E-state index in [0.717, 1.165) is 0 Å². The monoisotopic (exact) mass is 240 g/mol. The molecule has 0 radical (unpaired) electrons. The average molecular weight is 240 g/mol. The second kappa shape index (κ2) is 5.59. The van der Waals surface area contributed by atoms with Gasteiger partial charge in [0.1, 0.15) is 29.8 Å². The highest BCUT2D eigenvalue weighted by Gasteiger charge is 2.02. The average Bonchev–Trinajstić information content (AvgIpc) is 2.37. The Balaban J connectivity index is 2.18. The van der Waals surface area contributed by atoms with Crippen LogP contribution in [0.25, 0.3) is 0 Å². The highest BCUT2D eigenvalue weighted by Crippen LogP contribution is 2.15. The van der Waals surface area contributed by atoms with Crippen LogP contribution >= 0.6 is 0 Å². The lowest BCUT2D eigenvalue weighted by Crippen LogP contribution is -2.05. The van der Waals surface area contributed by atoms with Gasteiger partial charge in [-0.05, 0) is 19.1 Å². The summed E-state index contributed by atoms with van der Waals surface area (Å²) >= 11 is 0. The summed E-state index contributed by atoms with van der Waals surface area (Å²) in [5.41, 5.74) is 0. The Morgan fingerprint density at radius 2 is 2.06 bits per heavy atom. The minimum absolute atomic E-state index is 0.208. The molecule has 18 heavy (non-hydrogen) atoms. The molecule has 6 heteroatoms. The Morgan fingerprint density at radius 1 is 1.22 bits per heavy atom. The fourth-order valence-corrected chi connectivity index (χ4v) is 1.42. The van der Waals surface area contributed by atoms with Crippen LogP contribution in [0.1, 0.15) is 5.82 Å². The van der Waals surface area contributed by atoms with Crippen molar-refractivity contribution >= 4 is 17.5 Å². The molecule has 0 aromatic carbocycles. The summed E-state index contributed by atoms with van der Waals surface area (Å²) in [4.78, 5) is 12.6. The van der Waals surface area contributed by atoms with Crippen molar-refractivity contribution < 1.29 is 0 Å². The molecule has 2 heterocycles. The maximum Gasteiger partial charge on any atom is 0.137 e. The number of aromatic nitrogens is 3. The van der Waals surface area contributed by atoms with Gasteiger partial charge in [-0.2, -0.15) is 5.26 Å². The van der Waals surface area contributed by atoms with Crippen LogP contribution in [0, 0.1) is 18.3 Å². The van der Waals surface area contributed by atoms with E-state index >= 15 is 0 Å². The van der Waals surface area contributed by atoms with Gasteiger partial charge in [-0.15, -0.1) is 0 Å². The molecule has 0 saturated heterocycles. The van der Waals surface area contributed by atoms with E-state index in [4.69, 9.17) is 5.26 Å². The smallest absolute Gasteiger partial charge is 0.137 e. The largest absolute Gasteiger partial charge is 0.357 e. The Bertz CT molecular complexity index is 561. The summed E-state index contributed by atoms with van der Waals surface area (Å²) in [6, 6.07) is 9.31. The van der Waals surface area contributed by atoms with Gasteiger partial charge in [0, 0.05) is 12.3 Å². The Labute approximate surface area is 105 Å². The van der Waals surface area contributed by atoms with Crippen LogP contribution in [0.5, 0.6) is 0 Å². The van der Waals surface area contributed by atoms with Gasteiger partial charge in [0.2, 0.25) is 0 Å². The summed E-state index contributed by atoms with van der Waals surface area (Å²) in [6.07, 6.45) is 1.70. The summed E-state index contributed by atoms with van der Waals surface area (Å²) in [5, 5.41) is 14.5. The Hall–Kier alpha value is -2.68. The molecule has 0 spiro atoms. The molecule has 0 saturated carbocycles. The summed E-state index contributed by atoms with van der Waals surface area (Å²) < 4.78 is 0. The van der Waals surface area contributed by atoms with Crippen molar-refractivity contribution in [2.75, 3.05) is 17.2 Å². The summed E-state index contributed by atoms with van der Waals surface area (Å²) in [7, 11) is 0. The molecule has 0 atom stereocenters. The quantitative estimate of drug-likeness (QED) is 0.793. The third kappa shape index (κ3) is 3.15. The second-order valence-electron chi connectivity index (χ2n) is 3.54. The normalized spacial score (nSPS) is 9.56. The molecule has 0 fully saturated rings. The number of nitriles is 1. The van der Waals surface area contributed by atoms with Crippen LogP contribution in [0.3, 0.4) is 0 Å². The van der Waals surface area contributed by atoms with E-state index in [9.17, 15) is 0 Å². The lowest BCUT2D eigenvalue weighted by Gasteiger charge is -2.07. The summed E-state index contributed by atoms with van der Waals surface area (Å²) in [6.45, 7) is 2.00. The van der Waals surface area contributed by atoms with Gasteiger partial charge in [0.15, 0.2) is 0 Å². The number of hydrogen-bond donors (Lipinski definition) is 2. The molecule has 90 valence electrons. The van der Waals surface area contributed by atoms with Crippen molar-refractivity contribution in [1.82, 2.24) is 15.0 Å². The molecule has 6 nitrogen and oxygen atoms in total. The summed E-state index contributed by atoms with van der Waals surface area (Å²) in [5.74, 6) is 2.59. The van der Waals surface area contributed by atoms with Crippen LogP contribution in [-0.4, -0.2) is 21.5 Å². The van der Waals surface area contributed by atoms with Crippen molar-refractivity contribution in [2.24, 2.45) is 0 Å². The molecule has 0 aliphatic rings. The molecule has 0 unspecified atom stereocenters. The zero-order chi connectivity index (χ0) is 12.8. The van der Waals surface area contributed by atoms with Gasteiger partial charge >= 0.3 is 0 Å². The number of nitrogens with zero attached hydrogens (tertiary/aromatic N) is 4. The zero-order valence-electron chi connectivity index (χ0n) is 9.88. The molecule has 0 aliphatic heterocycles. The molecule has 2 rings (SSSR count). The molecule has 2 aromatic heterocycles. The molecule has 0 amide bonds. The fraction of sp³-hybridized carbons (Fsp3) is 0.167. The van der Waals surface area contributed by atoms with Crippen molar-refractivity contribution in [1.29, 1.82) is 5.26 Å². The first-order valence-electron chi connectivity index (χ1n) is 5.42. The van der Waals surface area contributed by atoms with Crippen LogP contribution < -0.4 is 10.6 Å². The number of aryl methyl sites for hydroxylation is 1. The van der Waals surface area contributed by atoms with Crippen LogP contribution in [0.4, 0.5) is 17.5 Å². The third-order valence-electron chi connectivity index (χ3n) is 2.11. The van der Waals surface area contributed by atoms with Gasteiger partial charge in [0.25, 0.3) is 0 Å². The fourth-order valence-electron chi connectivity index (χ4n) is 1.42. The molecular formula is C12H12N6. The number of nitrogens with one attached hydrogen (secondary N) is 2. The highest BCUT2D eigenvalue weighted by molar-refractivity contribution is 5.56. The van der Waals surface area contributed by atoms with E-state index in [0.29, 0.717) is 23.3 Å². The molecule has 0 bridgehead atoms. The van der Waals surface area contributed by atoms with Crippen molar-refractivity contribution in [3.05, 3.63) is 36.3 Å². The van der Waals surface area contributed by atoms with Crippen molar-refractivity contribution in [2.45, 2.75) is 6.92 Å². The number of hydrogen-bond acceptors (Lipinski definition) is 6. The minimum atomic E-state index is 0.208. The van der Waals surface area contributed by atoms with Gasteiger partial charge in [-0.1, -0.05) is 6.07 Å². The lowest BCUT2D eigenvalue weighted by atomic mass is 10.4. The maximum absolute atomic E-state index is 8.52. The van der Waals surface area contributed by atoms with E-state index in [1.165, 1.54) is 0 Å². The molecule has 2 N–H and O–H groups in total. The van der Waals surface area contributed by atoms with Crippen molar-refractivity contribution in [3.63, 3.8) is 0 Å². The van der Waals surface area contributed by atoms with Crippen LogP contribution in [0.15, 0.2) is 30.5 Å². The third-order valence-corrected chi connectivity index (χ3v) is 2.11. The van der Waals surface area contributed by atoms with Crippen LogP contribution in [-0.2, 0) is 0 Å². The van der Waals surface area contributed by atoms with E-state index in [2.05, 4.69) is 25.6 Å². The van der Waals surface area contributed by atoms with Gasteiger partial charge in [-0.3, -0.25) is 0 Å². The molecule has 0 aliphatic carbocycles. The van der Waals surface area contributed by atoms with Gasteiger partial charge < -0.3 is 10.6 Å². The van der Waals surface area contributed by atoms with E-state index < -0.39 is 0 Å². The molecular weight excluding hydrogens is 228 g/mol. The van der Waals surface area contributed by atoms with Crippen LogP contribution in [0.2, 0.25) is 0 Å². The first kappa shape index (κ1) is 11.8. The Morgan fingerprint density at radius 3 is 2.78 bits per heavy atom. The lowest BCUT2D eigenvalue weighted by molar-refractivity contribution is 1.05. The number of anilines is 3.